The van der Waals surface area contributed by atoms with Gasteiger partial charge >= 0.3 is 6.61 Å². The highest BCUT2D eigenvalue weighted by Gasteiger charge is 2.52. The number of nitrogens with one attached hydrogen (secondary N) is 1. The van der Waals surface area contributed by atoms with Crippen LogP contribution in [-0.2, 0) is 10.3 Å². The van der Waals surface area contributed by atoms with Crippen LogP contribution in [0.2, 0.25) is 0 Å². The number of thioether (sulfide) groups is 1. The zero-order chi connectivity index (χ0) is 23.1. The number of alkyl halides is 2. The molecule has 8 nitrogen and oxygen atoms in total. The summed E-state index contributed by atoms with van der Waals surface area (Å²) in [4.78, 5) is 26.0. The molecule has 12 heteroatoms. The SMILES string of the molecule is Cc1cc(OC(F)F)cnc1C(=O)Nc1csc([C@@]23COC(C)(C)CC2CSC(N)=N3)n1. The van der Waals surface area contributed by atoms with E-state index in [9.17, 15) is 13.6 Å². The Morgan fingerprint density at radius 1 is 1.44 bits per heavy atom. The summed E-state index contributed by atoms with van der Waals surface area (Å²) in [6.45, 7) is 3.11. The highest BCUT2D eigenvalue weighted by Crippen LogP contribution is 2.49. The van der Waals surface area contributed by atoms with Gasteiger partial charge in [0.25, 0.3) is 5.91 Å². The molecule has 32 heavy (non-hydrogen) atoms. The first-order valence-corrected chi connectivity index (χ1v) is 11.8. The molecule has 0 bridgehead atoms. The molecular formula is C20H23F2N5O3S2. The molecule has 2 atom stereocenters. The largest absolute Gasteiger partial charge is 0.433 e. The Balaban J connectivity index is 1.55. The summed E-state index contributed by atoms with van der Waals surface area (Å²) < 4.78 is 35.2. The van der Waals surface area contributed by atoms with E-state index in [0.717, 1.165) is 23.4 Å². The number of hydrogen-bond acceptors (Lipinski definition) is 9. The van der Waals surface area contributed by atoms with E-state index in [4.69, 9.17) is 15.5 Å². The van der Waals surface area contributed by atoms with Crippen LogP contribution in [0.15, 0.2) is 22.6 Å². The number of rotatable bonds is 5. The van der Waals surface area contributed by atoms with Crippen LogP contribution in [0.1, 0.15) is 41.3 Å². The van der Waals surface area contributed by atoms with Crippen molar-refractivity contribution in [1.82, 2.24) is 9.97 Å². The molecule has 2 aliphatic rings. The number of carbonyl (C=O) groups is 1. The van der Waals surface area contributed by atoms with E-state index >= 15 is 0 Å². The van der Waals surface area contributed by atoms with Crippen LogP contribution in [-0.4, -0.2) is 45.6 Å². The van der Waals surface area contributed by atoms with Crippen molar-refractivity contribution in [1.29, 1.82) is 0 Å². The molecular weight excluding hydrogens is 460 g/mol. The van der Waals surface area contributed by atoms with Crippen LogP contribution in [0.5, 0.6) is 5.75 Å². The number of amides is 1. The molecule has 0 aromatic carbocycles. The number of aryl methyl sites for hydroxylation is 1. The average molecular weight is 484 g/mol. The van der Waals surface area contributed by atoms with Gasteiger partial charge < -0.3 is 20.5 Å². The average Bonchev–Trinajstić information content (AvgIpc) is 3.16. The summed E-state index contributed by atoms with van der Waals surface area (Å²) in [5, 5.41) is 5.67. The number of nitrogens with zero attached hydrogens (tertiary/aromatic N) is 3. The fraction of sp³-hybridized carbons (Fsp3) is 0.500. The summed E-state index contributed by atoms with van der Waals surface area (Å²) in [5.74, 6) is 0.763. The first kappa shape index (κ1) is 22.9. The smallest absolute Gasteiger partial charge is 0.387 e. The van der Waals surface area contributed by atoms with Crippen molar-refractivity contribution in [3.63, 3.8) is 0 Å². The third-order valence-corrected chi connectivity index (χ3v) is 7.41. The molecule has 3 N–H and O–H groups in total. The predicted molar refractivity (Wildman–Crippen MR) is 120 cm³/mol. The van der Waals surface area contributed by atoms with Gasteiger partial charge in [-0.05, 0) is 38.8 Å². The molecule has 2 aliphatic heterocycles. The Morgan fingerprint density at radius 2 is 2.22 bits per heavy atom. The van der Waals surface area contributed by atoms with E-state index < -0.39 is 18.1 Å². The maximum absolute atomic E-state index is 12.7. The fourth-order valence-electron chi connectivity index (χ4n) is 3.92. The van der Waals surface area contributed by atoms with E-state index in [1.54, 1.807) is 12.3 Å². The molecule has 4 heterocycles. The Kier molecular flexibility index (Phi) is 6.12. The van der Waals surface area contributed by atoms with Crippen molar-refractivity contribution in [3.05, 3.63) is 33.9 Å². The molecule has 1 unspecified atom stereocenters. The molecule has 1 saturated heterocycles. The molecule has 172 valence electrons. The maximum atomic E-state index is 12.7. The number of hydrogen-bond donors (Lipinski definition) is 2. The highest BCUT2D eigenvalue weighted by atomic mass is 32.2. The quantitative estimate of drug-likeness (QED) is 0.666. The van der Waals surface area contributed by atoms with Crippen LogP contribution in [0.4, 0.5) is 14.6 Å². The Hall–Kier alpha value is -2.31. The number of aliphatic imine (C=N–C) groups is 1. The van der Waals surface area contributed by atoms with Gasteiger partial charge in [0.05, 0.1) is 18.4 Å². The molecule has 1 fully saturated rings. The minimum Gasteiger partial charge on any atom is -0.433 e. The number of thiazole rings is 1. The van der Waals surface area contributed by atoms with Crippen molar-refractivity contribution < 1.29 is 23.0 Å². The molecule has 2 aromatic rings. The molecule has 0 spiro atoms. The first-order chi connectivity index (χ1) is 15.1. The summed E-state index contributed by atoms with van der Waals surface area (Å²) in [6, 6.07) is 1.34. The van der Waals surface area contributed by atoms with Crippen molar-refractivity contribution in [3.8, 4) is 5.75 Å². The van der Waals surface area contributed by atoms with Crippen LogP contribution in [0, 0.1) is 12.8 Å². The van der Waals surface area contributed by atoms with E-state index in [1.165, 1.54) is 29.2 Å². The molecule has 2 aromatic heterocycles. The first-order valence-electron chi connectivity index (χ1n) is 9.89. The van der Waals surface area contributed by atoms with Gasteiger partial charge in [-0.25, -0.2) is 15.0 Å². The summed E-state index contributed by atoms with van der Waals surface area (Å²) in [6.07, 6.45) is 1.90. The number of nitrogens with two attached hydrogens (primary N) is 1. The van der Waals surface area contributed by atoms with Crippen LogP contribution < -0.4 is 15.8 Å². The van der Waals surface area contributed by atoms with Gasteiger partial charge in [-0.15, -0.1) is 11.3 Å². The molecule has 0 aliphatic carbocycles. The minimum absolute atomic E-state index is 0.0938. The van der Waals surface area contributed by atoms with Crippen LogP contribution in [0.25, 0.3) is 0 Å². The number of pyridine rings is 1. The predicted octanol–water partition coefficient (Wildman–Crippen LogP) is 3.77. The Labute approximate surface area is 192 Å². The zero-order valence-electron chi connectivity index (χ0n) is 17.7. The number of halogens is 2. The van der Waals surface area contributed by atoms with Gasteiger partial charge in [0.15, 0.2) is 5.17 Å². The monoisotopic (exact) mass is 483 g/mol. The fourth-order valence-corrected chi connectivity index (χ4v) is 5.88. The molecule has 0 saturated carbocycles. The van der Waals surface area contributed by atoms with Gasteiger partial charge in [0, 0.05) is 17.1 Å². The number of amidine groups is 1. The maximum Gasteiger partial charge on any atom is 0.387 e. The van der Waals surface area contributed by atoms with Crippen LogP contribution >= 0.6 is 23.1 Å². The molecule has 0 radical (unpaired) electrons. The summed E-state index contributed by atoms with van der Waals surface area (Å²) >= 11 is 2.92. The minimum atomic E-state index is -2.96. The van der Waals surface area contributed by atoms with E-state index in [-0.39, 0.29) is 23.0 Å². The second-order valence-corrected chi connectivity index (χ2v) is 10.2. The highest BCUT2D eigenvalue weighted by molar-refractivity contribution is 8.13. The van der Waals surface area contributed by atoms with Crippen LogP contribution in [0.3, 0.4) is 0 Å². The van der Waals surface area contributed by atoms with Gasteiger partial charge in [-0.1, -0.05) is 11.8 Å². The van der Waals surface area contributed by atoms with Gasteiger partial charge in [0.1, 0.15) is 27.8 Å². The second kappa shape index (κ2) is 8.56. The standard InChI is InChI=1S/C20H23F2N5O3S2/c1-10-4-12(30-17(21)22)6-24-14(10)15(28)25-13-8-31-16(26-13)20-9-29-19(2,3)5-11(20)7-32-18(23)27-20/h4,6,8,11,17H,5,7,9H2,1-3H3,(H2,23,27)(H,25,28)/t11?,20-/m1/s1. The van der Waals surface area contributed by atoms with Gasteiger partial charge in [-0.3, -0.25) is 4.79 Å². The number of aromatic nitrogens is 2. The molecule has 1 amide bonds. The van der Waals surface area contributed by atoms with Crippen molar-refractivity contribution >= 4 is 40.0 Å². The third kappa shape index (κ3) is 4.57. The summed E-state index contributed by atoms with van der Waals surface area (Å²) in [5.41, 5.74) is 5.61. The Bertz CT molecular complexity index is 1060. The number of ether oxygens (including phenoxy) is 2. The lowest BCUT2D eigenvalue weighted by Gasteiger charge is -2.47. The van der Waals surface area contributed by atoms with Crippen molar-refractivity contribution in [2.75, 3.05) is 17.7 Å². The van der Waals surface area contributed by atoms with E-state index in [1.807, 2.05) is 0 Å². The normalized spacial score (nSPS) is 24.6. The van der Waals surface area contributed by atoms with Crippen molar-refractivity contribution in [2.24, 2.45) is 16.6 Å². The lowest BCUT2D eigenvalue weighted by atomic mass is 9.77. The number of anilines is 1. The lowest BCUT2D eigenvalue weighted by Crippen LogP contribution is -2.52. The lowest BCUT2D eigenvalue weighted by molar-refractivity contribution is -0.109. The van der Waals surface area contributed by atoms with E-state index in [0.29, 0.717) is 23.2 Å². The third-order valence-electron chi connectivity index (χ3n) is 5.45. The Morgan fingerprint density at radius 3 is 2.94 bits per heavy atom. The van der Waals surface area contributed by atoms with E-state index in [2.05, 4.69) is 33.9 Å². The van der Waals surface area contributed by atoms with Gasteiger partial charge in [-0.2, -0.15) is 8.78 Å². The zero-order valence-corrected chi connectivity index (χ0v) is 19.4. The number of carbonyl (C=O) groups excluding carboxylic acids is 1. The summed E-state index contributed by atoms with van der Waals surface area (Å²) in [7, 11) is 0. The van der Waals surface area contributed by atoms with Crippen molar-refractivity contribution in [2.45, 2.75) is 44.9 Å². The topological polar surface area (TPSA) is 112 Å². The van der Waals surface area contributed by atoms with Gasteiger partial charge in [0.2, 0.25) is 0 Å². The number of fused-ring (bicyclic) bond motifs is 1. The molecule has 4 rings (SSSR count). The second-order valence-electron chi connectivity index (χ2n) is 8.34.